The van der Waals surface area contributed by atoms with Gasteiger partial charge in [0.25, 0.3) is 0 Å². The topological polar surface area (TPSA) is 58.6 Å². The van der Waals surface area contributed by atoms with Crippen LogP contribution in [0.15, 0.2) is 18.2 Å². The Morgan fingerprint density at radius 3 is 2.80 bits per heavy atom. The SMILES string of the molecule is Cc1ccc([C@H]2[C@@H]3CN(C(=O)[C@@H]4CCOC(=O)NC4)C[C@@]32C)cc1C. The third-order valence-corrected chi connectivity index (χ3v) is 6.54. The Morgan fingerprint density at radius 2 is 2.12 bits per heavy atom. The largest absolute Gasteiger partial charge is 0.450 e. The number of alkyl carbamates (subject to hydrolysis) is 1. The molecule has 5 heteroatoms. The highest BCUT2D eigenvalue weighted by atomic mass is 16.5. The average Bonchev–Trinajstić information content (AvgIpc) is 3.09. The molecular formula is C20H26N2O3. The summed E-state index contributed by atoms with van der Waals surface area (Å²) in [5.41, 5.74) is 4.28. The molecule has 1 N–H and O–H groups in total. The van der Waals surface area contributed by atoms with E-state index >= 15 is 0 Å². The lowest BCUT2D eigenvalue weighted by molar-refractivity contribution is -0.135. The number of amides is 2. The normalized spacial score (nSPS) is 34.0. The predicted molar refractivity (Wildman–Crippen MR) is 94.3 cm³/mol. The van der Waals surface area contributed by atoms with E-state index in [9.17, 15) is 9.59 Å². The van der Waals surface area contributed by atoms with E-state index in [4.69, 9.17) is 4.74 Å². The van der Waals surface area contributed by atoms with Crippen molar-refractivity contribution in [2.75, 3.05) is 26.2 Å². The van der Waals surface area contributed by atoms with Crippen molar-refractivity contribution in [1.29, 1.82) is 0 Å². The maximum atomic E-state index is 12.8. The zero-order chi connectivity index (χ0) is 17.8. The summed E-state index contributed by atoms with van der Waals surface area (Å²) in [6.07, 6.45) is 0.192. The summed E-state index contributed by atoms with van der Waals surface area (Å²) < 4.78 is 4.97. The number of cyclic esters (lactones) is 1. The monoisotopic (exact) mass is 342 g/mol. The number of fused-ring (bicyclic) bond motifs is 1. The molecule has 2 saturated heterocycles. The quantitative estimate of drug-likeness (QED) is 0.899. The van der Waals surface area contributed by atoms with Crippen molar-refractivity contribution in [2.45, 2.75) is 33.1 Å². The number of nitrogens with zero attached hydrogens (tertiary/aromatic N) is 1. The first-order valence-electron chi connectivity index (χ1n) is 9.17. The van der Waals surface area contributed by atoms with Crippen LogP contribution in [-0.4, -0.2) is 43.1 Å². The molecule has 1 saturated carbocycles. The Balaban J connectivity index is 1.42. The molecule has 134 valence electrons. The molecule has 0 spiro atoms. The fourth-order valence-electron chi connectivity index (χ4n) is 4.77. The van der Waals surface area contributed by atoms with E-state index in [1.807, 2.05) is 4.90 Å². The van der Waals surface area contributed by atoms with Crippen molar-refractivity contribution in [2.24, 2.45) is 17.3 Å². The van der Waals surface area contributed by atoms with Gasteiger partial charge in [0.05, 0.1) is 12.5 Å². The molecule has 3 aliphatic rings. The van der Waals surface area contributed by atoms with Crippen LogP contribution in [0.5, 0.6) is 0 Å². The molecule has 5 nitrogen and oxygen atoms in total. The van der Waals surface area contributed by atoms with E-state index in [-0.39, 0.29) is 17.2 Å². The number of hydrogen-bond donors (Lipinski definition) is 1. The van der Waals surface area contributed by atoms with Crippen molar-refractivity contribution < 1.29 is 14.3 Å². The van der Waals surface area contributed by atoms with Gasteiger partial charge in [0, 0.05) is 19.6 Å². The van der Waals surface area contributed by atoms with Crippen LogP contribution in [0.3, 0.4) is 0 Å². The molecule has 1 aromatic rings. The average molecular weight is 342 g/mol. The molecule has 4 atom stereocenters. The fourth-order valence-corrected chi connectivity index (χ4v) is 4.77. The lowest BCUT2D eigenvalue weighted by Crippen LogP contribution is -2.41. The summed E-state index contributed by atoms with van der Waals surface area (Å²) in [6, 6.07) is 6.77. The summed E-state index contributed by atoms with van der Waals surface area (Å²) >= 11 is 0. The van der Waals surface area contributed by atoms with Crippen LogP contribution in [0, 0.1) is 31.1 Å². The number of benzene rings is 1. The number of aryl methyl sites for hydroxylation is 2. The number of nitrogens with one attached hydrogen (secondary N) is 1. The number of rotatable bonds is 2. The second-order valence-corrected chi connectivity index (χ2v) is 8.15. The Labute approximate surface area is 148 Å². The highest BCUT2D eigenvalue weighted by Crippen LogP contribution is 2.68. The van der Waals surface area contributed by atoms with Gasteiger partial charge in [0.1, 0.15) is 0 Å². The van der Waals surface area contributed by atoms with Crippen molar-refractivity contribution in [3.63, 3.8) is 0 Å². The van der Waals surface area contributed by atoms with Crippen LogP contribution >= 0.6 is 0 Å². The van der Waals surface area contributed by atoms with Crippen LogP contribution < -0.4 is 5.32 Å². The van der Waals surface area contributed by atoms with Crippen molar-refractivity contribution in [3.05, 3.63) is 34.9 Å². The fraction of sp³-hybridized carbons (Fsp3) is 0.600. The maximum Gasteiger partial charge on any atom is 0.407 e. The molecule has 4 rings (SSSR count). The van der Waals surface area contributed by atoms with E-state index in [0.717, 1.165) is 13.1 Å². The van der Waals surface area contributed by atoms with Crippen LogP contribution in [0.1, 0.15) is 36.0 Å². The van der Waals surface area contributed by atoms with Crippen LogP contribution in [0.25, 0.3) is 0 Å². The van der Waals surface area contributed by atoms with Gasteiger partial charge in [-0.05, 0) is 54.2 Å². The Kier molecular flexibility index (Phi) is 3.78. The Hall–Kier alpha value is -2.04. The van der Waals surface area contributed by atoms with E-state index in [0.29, 0.717) is 31.4 Å². The van der Waals surface area contributed by atoms with Gasteiger partial charge >= 0.3 is 6.09 Å². The predicted octanol–water partition coefficient (Wildman–Crippen LogP) is 2.61. The molecule has 25 heavy (non-hydrogen) atoms. The summed E-state index contributed by atoms with van der Waals surface area (Å²) in [4.78, 5) is 26.1. The molecule has 2 amide bonds. The third kappa shape index (κ3) is 2.70. The Bertz CT molecular complexity index is 732. The molecule has 2 heterocycles. The van der Waals surface area contributed by atoms with Crippen molar-refractivity contribution in [1.82, 2.24) is 10.2 Å². The van der Waals surface area contributed by atoms with Gasteiger partial charge in [-0.25, -0.2) is 4.79 Å². The van der Waals surface area contributed by atoms with Gasteiger partial charge in [-0.3, -0.25) is 4.79 Å². The van der Waals surface area contributed by atoms with Gasteiger partial charge in [-0.15, -0.1) is 0 Å². The molecule has 0 radical (unpaired) electrons. The number of carbonyl (C=O) groups is 2. The molecule has 1 aliphatic carbocycles. The van der Waals surface area contributed by atoms with Crippen molar-refractivity contribution >= 4 is 12.0 Å². The van der Waals surface area contributed by atoms with Crippen LogP contribution in [0.2, 0.25) is 0 Å². The highest BCUT2D eigenvalue weighted by molar-refractivity contribution is 5.81. The van der Waals surface area contributed by atoms with Crippen LogP contribution in [-0.2, 0) is 9.53 Å². The van der Waals surface area contributed by atoms with E-state index in [1.165, 1.54) is 16.7 Å². The summed E-state index contributed by atoms with van der Waals surface area (Å²) in [5, 5.41) is 2.67. The number of piperidine rings is 1. The first kappa shape index (κ1) is 16.4. The van der Waals surface area contributed by atoms with E-state index < -0.39 is 6.09 Å². The molecule has 2 aliphatic heterocycles. The number of hydrogen-bond acceptors (Lipinski definition) is 3. The van der Waals surface area contributed by atoms with Gasteiger partial charge in [-0.1, -0.05) is 25.1 Å². The molecule has 0 aromatic heterocycles. The Morgan fingerprint density at radius 1 is 1.32 bits per heavy atom. The smallest absolute Gasteiger partial charge is 0.407 e. The number of likely N-dealkylation sites (tertiary alicyclic amines) is 1. The minimum atomic E-state index is -0.415. The highest BCUT2D eigenvalue weighted by Gasteiger charge is 2.66. The van der Waals surface area contributed by atoms with E-state index in [1.54, 1.807) is 0 Å². The number of carbonyl (C=O) groups excluding carboxylic acids is 2. The first-order chi connectivity index (χ1) is 11.9. The lowest BCUT2D eigenvalue weighted by atomic mass is 9.96. The number of ether oxygens (including phenoxy) is 1. The lowest BCUT2D eigenvalue weighted by Gasteiger charge is -2.26. The molecule has 0 bridgehead atoms. The maximum absolute atomic E-state index is 12.8. The minimum Gasteiger partial charge on any atom is -0.450 e. The molecule has 3 fully saturated rings. The van der Waals surface area contributed by atoms with Gasteiger partial charge in [-0.2, -0.15) is 0 Å². The molecule has 0 unspecified atom stereocenters. The van der Waals surface area contributed by atoms with Gasteiger partial charge < -0.3 is 15.0 Å². The van der Waals surface area contributed by atoms with Crippen LogP contribution in [0.4, 0.5) is 4.79 Å². The summed E-state index contributed by atoms with van der Waals surface area (Å²) in [7, 11) is 0. The standard InChI is InChI=1S/C20H26N2O3/c1-12-4-5-14(8-13(12)2)17-16-10-22(11-20(16,17)3)18(23)15-6-7-25-19(24)21-9-15/h4-5,8,15-17H,6-7,9-11H2,1-3H3,(H,21,24)/t15-,16+,17+,20+/m1/s1. The summed E-state index contributed by atoms with van der Waals surface area (Å²) in [6.45, 7) is 8.97. The first-order valence-corrected chi connectivity index (χ1v) is 9.17. The zero-order valence-electron chi connectivity index (χ0n) is 15.2. The molecule has 1 aromatic carbocycles. The van der Waals surface area contributed by atoms with Crippen molar-refractivity contribution in [3.8, 4) is 0 Å². The van der Waals surface area contributed by atoms with E-state index in [2.05, 4.69) is 44.3 Å². The summed E-state index contributed by atoms with van der Waals surface area (Å²) in [5.74, 6) is 1.12. The zero-order valence-corrected chi connectivity index (χ0v) is 15.2. The van der Waals surface area contributed by atoms with Gasteiger partial charge in [0.2, 0.25) is 5.91 Å². The third-order valence-electron chi connectivity index (χ3n) is 6.54. The minimum absolute atomic E-state index is 0.160. The second kappa shape index (κ2) is 5.75. The van der Waals surface area contributed by atoms with Gasteiger partial charge in [0.15, 0.2) is 0 Å². The second-order valence-electron chi connectivity index (χ2n) is 8.15. The molecular weight excluding hydrogens is 316 g/mol.